The van der Waals surface area contributed by atoms with Crippen LogP contribution in [-0.2, 0) is 20.2 Å². The van der Waals surface area contributed by atoms with E-state index in [2.05, 4.69) is 20.5 Å². The lowest BCUT2D eigenvalue weighted by atomic mass is 9.98. The zero-order valence-electron chi connectivity index (χ0n) is 12.5. The molecule has 0 amide bonds. The molecule has 0 aliphatic heterocycles. The lowest BCUT2D eigenvalue weighted by molar-refractivity contribution is 0.490. The summed E-state index contributed by atoms with van der Waals surface area (Å²) in [5.41, 5.74) is 7.96. The maximum atomic E-state index is 11.5. The summed E-state index contributed by atoms with van der Waals surface area (Å²) >= 11 is 0. The van der Waals surface area contributed by atoms with Gasteiger partial charge in [-0.1, -0.05) is 18.2 Å². The summed E-state index contributed by atoms with van der Waals surface area (Å²) in [5.74, 6) is 0. The minimum absolute atomic E-state index is 0.118. The van der Waals surface area contributed by atoms with Gasteiger partial charge in [0.05, 0.1) is 4.91 Å². The monoisotopic (exact) mass is 396 g/mol. The standard InChI is InChI=1S/C12H8N6O6S2/c13-17-15-9-3-1-7(5-11(9)25(19,20)21)8-2-4-10(16-18-14)12(6-8)26(22,23)24/h1-6H,(H,19,20,21)(H,22,23,24). The molecule has 2 aliphatic carbocycles. The molecule has 0 saturated carbocycles. The molecule has 14 heteroatoms. The van der Waals surface area contributed by atoms with Gasteiger partial charge in [-0.25, -0.2) is 0 Å². The Morgan fingerprint density at radius 3 is 1.77 bits per heavy atom. The molecule has 0 aromatic rings. The first kappa shape index (κ1) is 19.2. The van der Waals surface area contributed by atoms with Crippen LogP contribution in [0, 0.1) is 5.39 Å². The normalized spacial score (nSPS) is 23.6. The van der Waals surface area contributed by atoms with Crippen LogP contribution in [0.5, 0.6) is 0 Å². The van der Waals surface area contributed by atoms with Crippen molar-refractivity contribution < 1.29 is 25.9 Å². The minimum atomic E-state index is -4.74. The van der Waals surface area contributed by atoms with Crippen LogP contribution >= 0.6 is 0 Å². The highest BCUT2D eigenvalue weighted by Gasteiger charge is 2.26. The van der Waals surface area contributed by atoms with E-state index in [1.54, 1.807) is 0 Å². The Labute approximate surface area is 146 Å². The number of rotatable bonds is 3. The van der Waals surface area contributed by atoms with Gasteiger partial charge in [0.15, 0.2) is 10.8 Å². The zero-order chi connectivity index (χ0) is 19.5. The van der Waals surface area contributed by atoms with E-state index >= 15 is 0 Å². The summed E-state index contributed by atoms with van der Waals surface area (Å²) < 4.78 is 64.4. The maximum absolute atomic E-state index is 11.5. The van der Waals surface area contributed by atoms with E-state index < -0.39 is 30.0 Å². The van der Waals surface area contributed by atoms with Crippen LogP contribution in [0.3, 0.4) is 0 Å². The second-order valence-corrected chi connectivity index (χ2v) is 7.47. The molecule has 12 nitrogen and oxygen atoms in total. The molecule has 0 fully saturated rings. The first-order valence-corrected chi connectivity index (χ1v) is 9.29. The number of hydrogen-bond acceptors (Lipinski definition) is 7. The SMILES string of the molecule is N#[N+]N=C1C=CC(=C2C=CC(=NN=[N-])C(S(=O)(=O)O)=C2)C=C1S(=O)(=O)O. The van der Waals surface area contributed by atoms with E-state index in [-0.39, 0.29) is 22.6 Å². The Bertz CT molecular complexity index is 1140. The van der Waals surface area contributed by atoms with Crippen molar-refractivity contribution in [2.75, 3.05) is 0 Å². The third-order valence-electron chi connectivity index (χ3n) is 3.11. The van der Waals surface area contributed by atoms with Crippen molar-refractivity contribution in [3.05, 3.63) is 68.0 Å². The van der Waals surface area contributed by atoms with E-state index in [4.69, 9.17) is 10.9 Å². The first-order valence-electron chi connectivity index (χ1n) is 6.41. The second kappa shape index (κ2) is 7.01. The van der Waals surface area contributed by atoms with Gasteiger partial charge in [-0.15, -0.1) is 0 Å². The molecule has 0 aromatic heterocycles. The lowest BCUT2D eigenvalue weighted by Crippen LogP contribution is -2.15. The van der Waals surface area contributed by atoms with Crippen LogP contribution < -0.4 is 0 Å². The molecule has 134 valence electrons. The number of diazo groups is 1. The van der Waals surface area contributed by atoms with Crippen LogP contribution in [0.4, 0.5) is 0 Å². The molecule has 0 aromatic carbocycles. The summed E-state index contributed by atoms with van der Waals surface area (Å²) in [6.45, 7) is 0. The summed E-state index contributed by atoms with van der Waals surface area (Å²) in [6.07, 6.45) is 6.72. The molecule has 0 atom stereocenters. The minimum Gasteiger partial charge on any atom is -0.362 e. The summed E-state index contributed by atoms with van der Waals surface area (Å²) in [4.78, 5) is -1.39. The summed E-state index contributed by atoms with van der Waals surface area (Å²) in [7, 11) is -9.48. The predicted octanol–water partition coefficient (Wildman–Crippen LogP) is 1.55. The number of nitrogens with zero attached hydrogens (tertiary/aromatic N) is 6. The molecule has 0 radical (unpaired) electrons. The molecular formula is C12H8N6O6S2. The average molecular weight is 396 g/mol. The number of hydrogen-bond donors (Lipinski definition) is 2. The zero-order valence-corrected chi connectivity index (χ0v) is 14.1. The molecule has 2 N–H and O–H groups in total. The molecule has 2 aliphatic rings. The van der Waals surface area contributed by atoms with Gasteiger partial charge in [0.2, 0.25) is 0 Å². The Balaban J connectivity index is 2.72. The van der Waals surface area contributed by atoms with Gasteiger partial charge in [0.25, 0.3) is 25.6 Å². The summed E-state index contributed by atoms with van der Waals surface area (Å²) in [6, 6.07) is 0. The molecule has 0 bridgehead atoms. The van der Waals surface area contributed by atoms with Gasteiger partial charge in [-0.2, -0.15) is 16.8 Å². The maximum Gasteiger partial charge on any atom is 0.339 e. The third-order valence-corrected chi connectivity index (χ3v) is 4.88. The van der Waals surface area contributed by atoms with Crippen molar-refractivity contribution in [3.63, 3.8) is 0 Å². The molecule has 0 spiro atoms. The first-order chi connectivity index (χ1) is 12.1. The highest BCUT2D eigenvalue weighted by Crippen LogP contribution is 2.26. The molecule has 0 saturated heterocycles. The van der Waals surface area contributed by atoms with Crippen molar-refractivity contribution in [3.8, 4) is 0 Å². The fourth-order valence-corrected chi connectivity index (χ4v) is 3.36. The van der Waals surface area contributed by atoms with Crippen molar-refractivity contribution >= 4 is 31.7 Å². The van der Waals surface area contributed by atoms with Crippen LogP contribution in [0.15, 0.2) is 72.8 Å². The van der Waals surface area contributed by atoms with E-state index in [0.29, 0.717) is 0 Å². The fourth-order valence-electron chi connectivity index (χ4n) is 2.06. The largest absolute Gasteiger partial charge is 0.362 e. The van der Waals surface area contributed by atoms with Gasteiger partial charge in [-0.3, -0.25) is 14.3 Å². The van der Waals surface area contributed by atoms with E-state index in [0.717, 1.165) is 24.3 Å². The predicted molar refractivity (Wildman–Crippen MR) is 90.3 cm³/mol. The van der Waals surface area contributed by atoms with Gasteiger partial charge in [0.1, 0.15) is 4.91 Å². The van der Waals surface area contributed by atoms with Crippen molar-refractivity contribution in [1.29, 1.82) is 5.39 Å². The molecular weight excluding hydrogens is 388 g/mol. The second-order valence-electron chi connectivity index (χ2n) is 4.69. The van der Waals surface area contributed by atoms with Crippen LogP contribution in [-0.4, -0.2) is 37.4 Å². The number of allylic oxidation sites excluding steroid dienone is 10. The third kappa shape index (κ3) is 4.10. The van der Waals surface area contributed by atoms with Crippen LogP contribution in [0.25, 0.3) is 10.6 Å². The highest BCUT2D eigenvalue weighted by atomic mass is 32.2. The quantitative estimate of drug-likeness (QED) is 0.312. The van der Waals surface area contributed by atoms with Crippen molar-refractivity contribution in [2.45, 2.75) is 0 Å². The van der Waals surface area contributed by atoms with E-state index in [1.165, 1.54) is 12.2 Å². The van der Waals surface area contributed by atoms with Gasteiger partial charge in [0, 0.05) is 0 Å². The van der Waals surface area contributed by atoms with Gasteiger partial charge in [-0.05, 0) is 35.1 Å². The van der Waals surface area contributed by atoms with Crippen LogP contribution in [0.1, 0.15) is 0 Å². The summed E-state index contributed by atoms with van der Waals surface area (Å²) in [5, 5.41) is 19.7. The van der Waals surface area contributed by atoms with Crippen molar-refractivity contribution in [1.82, 2.24) is 0 Å². The molecule has 2 rings (SSSR count). The Kier molecular flexibility index (Phi) is 5.18. The van der Waals surface area contributed by atoms with Gasteiger partial charge < -0.3 is 10.6 Å². The van der Waals surface area contributed by atoms with Crippen LogP contribution in [0.2, 0.25) is 0 Å². The Morgan fingerprint density at radius 2 is 1.35 bits per heavy atom. The Hall–Kier alpha value is -3.12. The Morgan fingerprint density at radius 1 is 0.885 bits per heavy atom. The molecule has 26 heavy (non-hydrogen) atoms. The fraction of sp³-hybridized carbons (Fsp3) is 0. The highest BCUT2D eigenvalue weighted by molar-refractivity contribution is 7.91. The van der Waals surface area contributed by atoms with E-state index in [9.17, 15) is 25.9 Å². The lowest BCUT2D eigenvalue weighted by Gasteiger charge is -2.15. The van der Waals surface area contributed by atoms with Gasteiger partial charge >= 0.3 is 5.08 Å². The van der Waals surface area contributed by atoms with Crippen molar-refractivity contribution in [2.24, 2.45) is 15.4 Å². The molecule has 0 unspecified atom stereocenters. The average Bonchev–Trinajstić information content (AvgIpc) is 2.54. The topological polar surface area (TPSA) is 196 Å². The smallest absolute Gasteiger partial charge is 0.339 e. The molecule has 0 heterocycles. The van der Waals surface area contributed by atoms with E-state index in [1.807, 2.05) is 0 Å².